The normalized spacial score (nSPS) is 16.2. The highest BCUT2D eigenvalue weighted by molar-refractivity contribution is 6.31. The van der Waals surface area contributed by atoms with Crippen molar-refractivity contribution < 1.29 is 4.74 Å². The van der Waals surface area contributed by atoms with Gasteiger partial charge < -0.3 is 9.30 Å². The lowest BCUT2D eigenvalue weighted by atomic mass is 9.97. The van der Waals surface area contributed by atoms with E-state index in [2.05, 4.69) is 9.88 Å². The Hall–Kier alpha value is -1.85. The Morgan fingerprint density at radius 3 is 2.83 bits per heavy atom. The van der Waals surface area contributed by atoms with E-state index >= 15 is 0 Å². The molecule has 0 radical (unpaired) electrons. The zero-order valence-corrected chi connectivity index (χ0v) is 14.6. The average molecular weight is 348 g/mol. The Kier molecular flexibility index (Phi) is 5.53. The lowest BCUT2D eigenvalue weighted by Crippen LogP contribution is -2.35. The summed E-state index contributed by atoms with van der Waals surface area (Å²) in [5.41, 5.74) is 1.13. The lowest BCUT2D eigenvalue weighted by Gasteiger charge is -2.31. The predicted molar refractivity (Wildman–Crippen MR) is 94.4 cm³/mol. The zero-order valence-electron chi connectivity index (χ0n) is 13.8. The number of nitrogens with zero attached hydrogens (tertiary/aromatic N) is 3. The molecule has 0 unspecified atom stereocenters. The van der Waals surface area contributed by atoms with Gasteiger partial charge in [0.2, 0.25) is 0 Å². The maximum atomic E-state index is 11.7. The van der Waals surface area contributed by atoms with Crippen molar-refractivity contribution in [1.29, 1.82) is 0 Å². The first-order chi connectivity index (χ1) is 11.6. The van der Waals surface area contributed by atoms with E-state index in [4.69, 9.17) is 16.3 Å². The predicted octanol–water partition coefficient (Wildman–Crippen LogP) is 2.72. The van der Waals surface area contributed by atoms with E-state index in [0.717, 1.165) is 38.0 Å². The van der Waals surface area contributed by atoms with E-state index in [1.165, 1.54) is 0 Å². The number of rotatable bonds is 5. The summed E-state index contributed by atoms with van der Waals surface area (Å²) in [7, 11) is 1.77. The Morgan fingerprint density at radius 2 is 2.12 bits per heavy atom. The monoisotopic (exact) mass is 347 g/mol. The summed E-state index contributed by atoms with van der Waals surface area (Å²) in [4.78, 5) is 18.0. The fourth-order valence-electron chi connectivity index (χ4n) is 2.94. The maximum absolute atomic E-state index is 11.7. The van der Waals surface area contributed by atoms with Crippen LogP contribution >= 0.6 is 11.6 Å². The topological polar surface area (TPSA) is 47.4 Å². The smallest absolute Gasteiger partial charge is 0.250 e. The van der Waals surface area contributed by atoms with Crippen molar-refractivity contribution in [2.45, 2.75) is 19.4 Å². The molecular weight excluding hydrogens is 326 g/mol. The van der Waals surface area contributed by atoms with E-state index in [9.17, 15) is 4.79 Å². The van der Waals surface area contributed by atoms with Gasteiger partial charge in [0, 0.05) is 44.3 Å². The van der Waals surface area contributed by atoms with Crippen LogP contribution < -0.4 is 10.3 Å². The molecule has 0 bridgehead atoms. The molecule has 2 aromatic heterocycles. The molecule has 0 spiro atoms. The second kappa shape index (κ2) is 7.81. The molecule has 5 nitrogen and oxygen atoms in total. The quantitative estimate of drug-likeness (QED) is 0.834. The molecule has 2 aromatic rings. The number of likely N-dealkylation sites (tertiary alicyclic amines) is 1. The molecule has 1 fully saturated rings. The number of aromatic nitrogens is 2. The molecule has 3 rings (SSSR count). The summed E-state index contributed by atoms with van der Waals surface area (Å²) < 4.78 is 7.42. The van der Waals surface area contributed by atoms with Gasteiger partial charge in [0.25, 0.3) is 5.56 Å². The highest BCUT2D eigenvalue weighted by atomic mass is 35.5. The van der Waals surface area contributed by atoms with Crippen LogP contribution in [0.25, 0.3) is 0 Å². The van der Waals surface area contributed by atoms with Crippen LogP contribution in [-0.2, 0) is 13.6 Å². The minimum atomic E-state index is 0.0463. The third-order valence-electron chi connectivity index (χ3n) is 4.49. The van der Waals surface area contributed by atoms with Gasteiger partial charge in [-0.05, 0) is 43.5 Å². The molecular formula is C18H22ClN3O2. The summed E-state index contributed by atoms with van der Waals surface area (Å²) in [6.07, 6.45) is 7.30. The van der Waals surface area contributed by atoms with Crippen LogP contribution in [0.3, 0.4) is 0 Å². The number of piperidine rings is 1. The van der Waals surface area contributed by atoms with E-state index in [1.54, 1.807) is 36.1 Å². The first kappa shape index (κ1) is 17.0. The first-order valence-electron chi connectivity index (χ1n) is 8.22. The number of aryl methyl sites for hydroxylation is 1. The Bertz CT molecular complexity index is 739. The van der Waals surface area contributed by atoms with Crippen molar-refractivity contribution in [3.8, 4) is 5.75 Å². The highest BCUT2D eigenvalue weighted by Crippen LogP contribution is 2.25. The Balaban J connectivity index is 1.46. The molecule has 0 aromatic carbocycles. The number of hydrogen-bond donors (Lipinski definition) is 0. The average Bonchev–Trinajstić information content (AvgIpc) is 2.59. The SMILES string of the molecule is Cn1ccc(CN2CCC(COc3ccncc3Cl)CC2)cc1=O. The van der Waals surface area contributed by atoms with E-state index in [-0.39, 0.29) is 5.56 Å². The van der Waals surface area contributed by atoms with E-state index < -0.39 is 0 Å². The van der Waals surface area contributed by atoms with Crippen molar-refractivity contribution in [2.24, 2.45) is 13.0 Å². The van der Waals surface area contributed by atoms with Crippen LogP contribution in [0, 0.1) is 5.92 Å². The van der Waals surface area contributed by atoms with Gasteiger partial charge in [-0.15, -0.1) is 0 Å². The summed E-state index contributed by atoms with van der Waals surface area (Å²) in [6, 6.07) is 5.54. The van der Waals surface area contributed by atoms with Crippen molar-refractivity contribution in [3.63, 3.8) is 0 Å². The minimum absolute atomic E-state index is 0.0463. The third-order valence-corrected chi connectivity index (χ3v) is 4.78. The van der Waals surface area contributed by atoms with Gasteiger partial charge in [-0.1, -0.05) is 11.6 Å². The summed E-state index contributed by atoms with van der Waals surface area (Å²) in [6.45, 7) is 3.56. The molecule has 1 aliphatic heterocycles. The van der Waals surface area contributed by atoms with Crippen LogP contribution in [0.2, 0.25) is 5.02 Å². The van der Waals surface area contributed by atoms with Crippen LogP contribution in [0.1, 0.15) is 18.4 Å². The molecule has 128 valence electrons. The second-order valence-electron chi connectivity index (χ2n) is 6.32. The van der Waals surface area contributed by atoms with Crippen molar-refractivity contribution >= 4 is 11.6 Å². The fourth-order valence-corrected chi connectivity index (χ4v) is 3.12. The summed E-state index contributed by atoms with van der Waals surface area (Å²) in [5, 5.41) is 0.556. The van der Waals surface area contributed by atoms with Crippen LogP contribution in [0.15, 0.2) is 41.6 Å². The number of ether oxygens (including phenoxy) is 1. The van der Waals surface area contributed by atoms with E-state index in [0.29, 0.717) is 23.3 Å². The third kappa shape index (κ3) is 4.36. The largest absolute Gasteiger partial charge is 0.492 e. The molecule has 0 saturated carbocycles. The molecule has 0 aliphatic carbocycles. The summed E-state index contributed by atoms with van der Waals surface area (Å²) >= 11 is 6.06. The first-order valence-corrected chi connectivity index (χ1v) is 8.60. The minimum Gasteiger partial charge on any atom is -0.492 e. The van der Waals surface area contributed by atoms with Crippen LogP contribution in [-0.4, -0.2) is 34.1 Å². The molecule has 1 saturated heterocycles. The van der Waals surface area contributed by atoms with Gasteiger partial charge >= 0.3 is 0 Å². The molecule has 3 heterocycles. The Morgan fingerprint density at radius 1 is 1.33 bits per heavy atom. The molecule has 24 heavy (non-hydrogen) atoms. The maximum Gasteiger partial charge on any atom is 0.250 e. The van der Waals surface area contributed by atoms with Gasteiger partial charge in [0.15, 0.2) is 0 Å². The highest BCUT2D eigenvalue weighted by Gasteiger charge is 2.20. The number of hydrogen-bond acceptors (Lipinski definition) is 4. The lowest BCUT2D eigenvalue weighted by molar-refractivity contribution is 0.136. The van der Waals surface area contributed by atoms with E-state index in [1.807, 2.05) is 12.3 Å². The van der Waals surface area contributed by atoms with Gasteiger partial charge in [-0.3, -0.25) is 14.7 Å². The van der Waals surface area contributed by atoms with Crippen molar-refractivity contribution in [2.75, 3.05) is 19.7 Å². The van der Waals surface area contributed by atoms with Gasteiger partial charge in [0.05, 0.1) is 6.61 Å². The summed E-state index contributed by atoms with van der Waals surface area (Å²) in [5.74, 6) is 1.24. The van der Waals surface area contributed by atoms with Gasteiger partial charge in [0.1, 0.15) is 10.8 Å². The van der Waals surface area contributed by atoms with Gasteiger partial charge in [-0.25, -0.2) is 0 Å². The zero-order chi connectivity index (χ0) is 16.9. The van der Waals surface area contributed by atoms with Crippen LogP contribution in [0.5, 0.6) is 5.75 Å². The number of halogens is 1. The molecule has 0 atom stereocenters. The second-order valence-corrected chi connectivity index (χ2v) is 6.73. The Labute approximate surface area is 146 Å². The molecule has 0 amide bonds. The molecule has 6 heteroatoms. The van der Waals surface area contributed by atoms with Gasteiger partial charge in [-0.2, -0.15) is 0 Å². The van der Waals surface area contributed by atoms with Crippen LogP contribution in [0.4, 0.5) is 0 Å². The molecule has 0 N–H and O–H groups in total. The standard InChI is InChI=1S/C18H22ClN3O2/c1-21-7-3-15(10-18(21)23)12-22-8-4-14(5-9-22)13-24-17-2-6-20-11-16(17)19/h2-3,6-7,10-11,14H,4-5,8-9,12-13H2,1H3. The fraction of sp³-hybridized carbons (Fsp3) is 0.444. The van der Waals surface area contributed by atoms with Crippen molar-refractivity contribution in [3.05, 3.63) is 57.7 Å². The number of pyridine rings is 2. The molecule has 1 aliphatic rings. The van der Waals surface area contributed by atoms with Crippen molar-refractivity contribution in [1.82, 2.24) is 14.5 Å².